The summed E-state index contributed by atoms with van der Waals surface area (Å²) < 4.78 is 5.34. The highest BCUT2D eigenvalue weighted by Crippen LogP contribution is 2.12. The topological polar surface area (TPSA) is 111 Å². The molecule has 2 amide bonds. The van der Waals surface area contributed by atoms with E-state index < -0.39 is 17.8 Å². The van der Waals surface area contributed by atoms with Crippen molar-refractivity contribution in [2.45, 2.75) is 39.5 Å². The first-order valence-corrected chi connectivity index (χ1v) is 9.24. The number of nitrogens with zero attached hydrogens (tertiary/aromatic N) is 1. The van der Waals surface area contributed by atoms with Gasteiger partial charge in [0.1, 0.15) is 6.61 Å². The van der Waals surface area contributed by atoms with Gasteiger partial charge in [0, 0.05) is 6.54 Å². The molecule has 0 saturated heterocycles. The second-order valence-corrected chi connectivity index (χ2v) is 6.11. The van der Waals surface area contributed by atoms with Gasteiger partial charge in [-0.15, -0.1) is 0 Å². The van der Waals surface area contributed by atoms with E-state index in [-0.39, 0.29) is 5.75 Å². The largest absolute Gasteiger partial charge is 0.461 e. The highest BCUT2D eigenvalue weighted by molar-refractivity contribution is 6.34. The third kappa shape index (κ3) is 9.05. The number of hydrogen-bond acceptors (Lipinski definition) is 6. The fourth-order valence-electron chi connectivity index (χ4n) is 2.26. The molecule has 3 N–H and O–H groups in total. The lowest BCUT2D eigenvalue weighted by atomic mass is 10.2. The maximum absolute atomic E-state index is 12.1. The summed E-state index contributed by atoms with van der Waals surface area (Å²) in [4.78, 5) is 40.9. The summed E-state index contributed by atoms with van der Waals surface area (Å²) in [5, 5.41) is 0. The van der Waals surface area contributed by atoms with Gasteiger partial charge >= 0.3 is 17.8 Å². The number of nitrogens with two attached hydrogens (primary N) is 1. The second kappa shape index (κ2) is 12.7. The highest BCUT2D eigenvalue weighted by Gasteiger charge is 2.11. The molecule has 0 heterocycles. The van der Waals surface area contributed by atoms with E-state index in [2.05, 4.69) is 18.7 Å². The third-order valence-corrected chi connectivity index (χ3v) is 3.87. The Balaban J connectivity index is 2.42. The van der Waals surface area contributed by atoms with Crippen molar-refractivity contribution in [2.24, 2.45) is 5.73 Å². The van der Waals surface area contributed by atoms with Crippen molar-refractivity contribution in [1.82, 2.24) is 10.4 Å². The van der Waals surface area contributed by atoms with E-state index >= 15 is 0 Å². The Morgan fingerprint density at radius 3 is 2.11 bits per heavy atom. The molecule has 1 aromatic carbocycles. The molecule has 0 radical (unpaired) electrons. The first-order chi connectivity index (χ1) is 13.0. The van der Waals surface area contributed by atoms with Crippen LogP contribution in [0.3, 0.4) is 0 Å². The van der Waals surface area contributed by atoms with Crippen LogP contribution in [0.4, 0.5) is 0 Å². The smallest absolute Gasteiger partial charge is 0.341 e. The molecule has 0 aliphatic carbocycles. The van der Waals surface area contributed by atoms with Crippen molar-refractivity contribution in [3.05, 3.63) is 29.8 Å². The van der Waals surface area contributed by atoms with Crippen molar-refractivity contribution in [3.8, 4) is 5.75 Å². The van der Waals surface area contributed by atoms with Crippen molar-refractivity contribution in [2.75, 3.05) is 26.2 Å². The minimum atomic E-state index is -1.15. The highest BCUT2D eigenvalue weighted by atomic mass is 16.7. The summed E-state index contributed by atoms with van der Waals surface area (Å²) >= 11 is 0. The van der Waals surface area contributed by atoms with Gasteiger partial charge in [0.15, 0.2) is 5.75 Å². The number of unbranched alkanes of at least 4 members (excludes halogenated alkanes) is 2. The van der Waals surface area contributed by atoms with E-state index in [1.165, 1.54) is 24.3 Å². The molecular weight excluding hydrogens is 350 g/mol. The lowest BCUT2D eigenvalue weighted by Gasteiger charge is -2.21. The number of rotatable bonds is 12. The van der Waals surface area contributed by atoms with Gasteiger partial charge in [-0.2, -0.15) is 5.48 Å². The van der Waals surface area contributed by atoms with Gasteiger partial charge in [0.25, 0.3) is 0 Å². The monoisotopic (exact) mass is 379 g/mol. The summed E-state index contributed by atoms with van der Waals surface area (Å²) in [5.74, 6) is -2.38. The average molecular weight is 379 g/mol. The number of benzene rings is 1. The van der Waals surface area contributed by atoms with Crippen LogP contribution in [-0.4, -0.2) is 48.9 Å². The van der Waals surface area contributed by atoms with Crippen LogP contribution in [-0.2, 0) is 14.3 Å². The SMILES string of the molecule is CCCCN(CCCC)CCOC(=O)c1ccc(ONC(=O)C(N)=O)cc1. The number of amides is 2. The molecule has 0 aromatic heterocycles. The second-order valence-electron chi connectivity index (χ2n) is 6.11. The average Bonchev–Trinajstić information content (AvgIpc) is 2.67. The number of esters is 1. The van der Waals surface area contributed by atoms with Gasteiger partial charge in [0.2, 0.25) is 0 Å². The third-order valence-electron chi connectivity index (χ3n) is 3.87. The van der Waals surface area contributed by atoms with Crippen LogP contribution in [0.1, 0.15) is 49.9 Å². The van der Waals surface area contributed by atoms with Gasteiger partial charge < -0.3 is 15.3 Å². The molecule has 0 spiro atoms. The van der Waals surface area contributed by atoms with Crippen LogP contribution >= 0.6 is 0 Å². The number of primary amides is 1. The molecule has 0 atom stereocenters. The first-order valence-electron chi connectivity index (χ1n) is 9.24. The van der Waals surface area contributed by atoms with Crippen molar-refractivity contribution in [1.29, 1.82) is 0 Å². The zero-order valence-corrected chi connectivity index (χ0v) is 16.0. The van der Waals surface area contributed by atoms with Crippen LogP contribution in [0.5, 0.6) is 5.75 Å². The molecule has 0 fully saturated rings. The van der Waals surface area contributed by atoms with E-state index in [9.17, 15) is 14.4 Å². The Labute approximate surface area is 159 Å². The zero-order valence-electron chi connectivity index (χ0n) is 16.0. The van der Waals surface area contributed by atoms with Gasteiger partial charge in [-0.25, -0.2) is 4.79 Å². The predicted octanol–water partition coefficient (Wildman–Crippen LogP) is 1.64. The summed E-state index contributed by atoms with van der Waals surface area (Å²) in [5.41, 5.74) is 7.05. The van der Waals surface area contributed by atoms with Gasteiger partial charge in [-0.05, 0) is 50.2 Å². The molecule has 0 saturated carbocycles. The number of carbonyl (C=O) groups is 3. The number of ether oxygens (including phenoxy) is 1. The lowest BCUT2D eigenvalue weighted by molar-refractivity contribution is -0.141. The molecule has 8 nitrogen and oxygen atoms in total. The van der Waals surface area contributed by atoms with E-state index in [1.54, 1.807) is 0 Å². The maximum atomic E-state index is 12.1. The Bertz CT molecular complexity index is 596. The minimum absolute atomic E-state index is 0.256. The Kier molecular flexibility index (Phi) is 10.5. The fourth-order valence-corrected chi connectivity index (χ4v) is 2.26. The van der Waals surface area contributed by atoms with Gasteiger partial charge in [-0.1, -0.05) is 26.7 Å². The van der Waals surface area contributed by atoms with Crippen LogP contribution in [0.15, 0.2) is 24.3 Å². The molecule has 150 valence electrons. The molecular formula is C19H29N3O5. The normalized spacial score (nSPS) is 10.5. The predicted molar refractivity (Wildman–Crippen MR) is 101 cm³/mol. The summed E-state index contributed by atoms with van der Waals surface area (Å²) in [7, 11) is 0. The fraction of sp³-hybridized carbons (Fsp3) is 0.526. The van der Waals surface area contributed by atoms with Gasteiger partial charge in [-0.3, -0.25) is 14.5 Å². The molecule has 1 rings (SSSR count). The Hall–Kier alpha value is -2.61. The Morgan fingerprint density at radius 1 is 1.00 bits per heavy atom. The van der Waals surface area contributed by atoms with E-state index in [0.717, 1.165) is 38.8 Å². The molecule has 0 aliphatic heterocycles. The number of hydroxylamine groups is 1. The molecule has 0 aliphatic rings. The quantitative estimate of drug-likeness (QED) is 0.324. The van der Waals surface area contributed by atoms with Crippen LogP contribution in [0.2, 0.25) is 0 Å². The number of nitrogens with one attached hydrogen (secondary N) is 1. The van der Waals surface area contributed by atoms with Gasteiger partial charge in [0.05, 0.1) is 5.56 Å². The molecule has 1 aromatic rings. The van der Waals surface area contributed by atoms with Crippen LogP contribution < -0.4 is 16.1 Å². The van der Waals surface area contributed by atoms with E-state index in [1.807, 2.05) is 5.48 Å². The summed E-state index contributed by atoms with van der Waals surface area (Å²) in [6.45, 7) is 7.38. The zero-order chi connectivity index (χ0) is 20.1. The standard InChI is InChI=1S/C19H29N3O5/c1-3-5-11-22(12-6-4-2)13-14-26-19(25)15-7-9-16(10-8-15)27-21-18(24)17(20)23/h7-10H,3-6,11-14H2,1-2H3,(H2,20,23)(H,21,24). The van der Waals surface area contributed by atoms with E-state index in [4.69, 9.17) is 15.3 Å². The molecule has 8 heteroatoms. The summed E-state index contributed by atoms with van der Waals surface area (Å²) in [6, 6.07) is 5.99. The minimum Gasteiger partial charge on any atom is -0.461 e. The van der Waals surface area contributed by atoms with E-state index in [0.29, 0.717) is 18.7 Å². The maximum Gasteiger partial charge on any atom is 0.341 e. The molecule has 0 unspecified atom stereocenters. The Morgan fingerprint density at radius 2 is 1.59 bits per heavy atom. The first kappa shape index (κ1) is 22.4. The van der Waals surface area contributed by atoms with Crippen LogP contribution in [0, 0.1) is 0 Å². The molecule has 27 heavy (non-hydrogen) atoms. The van der Waals surface area contributed by atoms with Crippen molar-refractivity contribution >= 4 is 17.8 Å². The van der Waals surface area contributed by atoms with Crippen molar-refractivity contribution < 1.29 is 24.0 Å². The molecule has 0 bridgehead atoms. The van der Waals surface area contributed by atoms with Crippen molar-refractivity contribution in [3.63, 3.8) is 0 Å². The number of hydrogen-bond donors (Lipinski definition) is 2. The number of carbonyl (C=O) groups excluding carboxylic acids is 3. The summed E-state index contributed by atoms with van der Waals surface area (Å²) in [6.07, 6.45) is 4.53. The lowest BCUT2D eigenvalue weighted by Crippen LogP contribution is -2.37. The van der Waals surface area contributed by atoms with Crippen LogP contribution in [0.25, 0.3) is 0 Å².